The maximum Gasteiger partial charge on any atom is 0.325 e. The van der Waals surface area contributed by atoms with Crippen LogP contribution < -0.4 is 5.32 Å². The first-order valence-electron chi connectivity index (χ1n) is 5.36. The lowest BCUT2D eigenvalue weighted by molar-refractivity contribution is -0.137. The van der Waals surface area contributed by atoms with Gasteiger partial charge in [0.1, 0.15) is 6.54 Å². The van der Waals surface area contributed by atoms with Gasteiger partial charge in [-0.2, -0.15) is 5.10 Å². The average molecular weight is 324 g/mol. The lowest BCUT2D eigenvalue weighted by Gasteiger charge is -2.02. The molecule has 1 amide bonds. The predicted octanol–water partition coefficient (Wildman–Crippen LogP) is 1.98. The van der Waals surface area contributed by atoms with Crippen molar-refractivity contribution in [2.75, 3.05) is 5.32 Å². The van der Waals surface area contributed by atoms with Crippen LogP contribution in [0.25, 0.3) is 0 Å². The summed E-state index contributed by atoms with van der Waals surface area (Å²) < 4.78 is 2.04. The summed E-state index contributed by atoms with van der Waals surface area (Å²) in [5.41, 5.74) is 0.951. The highest BCUT2D eigenvalue weighted by Crippen LogP contribution is 2.13. The van der Waals surface area contributed by atoms with E-state index in [-0.39, 0.29) is 12.5 Å². The van der Waals surface area contributed by atoms with E-state index in [2.05, 4.69) is 26.3 Å². The predicted molar refractivity (Wildman–Crippen MR) is 72.0 cm³/mol. The van der Waals surface area contributed by atoms with E-state index in [1.807, 2.05) is 6.07 Å². The summed E-state index contributed by atoms with van der Waals surface area (Å²) in [5, 5.41) is 15.1. The number of anilines is 1. The molecule has 1 aromatic carbocycles. The van der Waals surface area contributed by atoms with E-state index in [1.165, 1.54) is 17.1 Å². The van der Waals surface area contributed by atoms with Gasteiger partial charge in [-0.3, -0.25) is 14.3 Å². The number of carboxylic acids is 1. The molecule has 0 atom stereocenters. The smallest absolute Gasteiger partial charge is 0.325 e. The molecule has 7 heteroatoms. The number of nitrogens with one attached hydrogen (secondary N) is 1. The van der Waals surface area contributed by atoms with Crippen LogP contribution in [-0.2, 0) is 11.3 Å². The number of carboxylic acid groups (broad SMARTS) is 1. The van der Waals surface area contributed by atoms with Crippen molar-refractivity contribution in [2.45, 2.75) is 6.54 Å². The molecular weight excluding hydrogens is 314 g/mol. The fraction of sp³-hybridized carbons (Fsp3) is 0.0833. The minimum absolute atomic E-state index is 0.243. The zero-order valence-electron chi connectivity index (χ0n) is 9.71. The summed E-state index contributed by atoms with van der Waals surface area (Å²) in [5.74, 6) is -1.27. The molecule has 0 radical (unpaired) electrons. The second-order valence-electron chi connectivity index (χ2n) is 3.78. The number of halogens is 1. The SMILES string of the molecule is O=C(O)Cn1cc(NC(=O)c2cccc(Br)c2)cn1. The lowest BCUT2D eigenvalue weighted by Crippen LogP contribution is -2.11. The van der Waals surface area contributed by atoms with E-state index in [0.29, 0.717) is 11.3 Å². The number of carbonyl (C=O) groups is 2. The highest BCUT2D eigenvalue weighted by Gasteiger charge is 2.08. The van der Waals surface area contributed by atoms with Gasteiger partial charge in [0.2, 0.25) is 0 Å². The van der Waals surface area contributed by atoms with Crippen molar-refractivity contribution in [3.05, 3.63) is 46.7 Å². The average Bonchev–Trinajstić information content (AvgIpc) is 2.75. The van der Waals surface area contributed by atoms with Crippen LogP contribution in [0.4, 0.5) is 5.69 Å². The van der Waals surface area contributed by atoms with Gasteiger partial charge in [0, 0.05) is 16.2 Å². The summed E-state index contributed by atoms with van der Waals surface area (Å²) in [6, 6.07) is 6.95. The molecule has 0 bridgehead atoms. The Morgan fingerprint density at radius 2 is 2.21 bits per heavy atom. The molecule has 6 nitrogen and oxygen atoms in total. The van der Waals surface area contributed by atoms with E-state index in [1.54, 1.807) is 18.2 Å². The van der Waals surface area contributed by atoms with Gasteiger partial charge in [0.25, 0.3) is 5.91 Å². The fourth-order valence-electron chi connectivity index (χ4n) is 1.49. The van der Waals surface area contributed by atoms with Crippen molar-refractivity contribution < 1.29 is 14.7 Å². The number of hydrogen-bond acceptors (Lipinski definition) is 3. The Labute approximate surface area is 117 Å². The second kappa shape index (κ2) is 5.66. The van der Waals surface area contributed by atoms with Gasteiger partial charge < -0.3 is 10.4 Å². The monoisotopic (exact) mass is 323 g/mol. The van der Waals surface area contributed by atoms with Gasteiger partial charge >= 0.3 is 5.97 Å². The van der Waals surface area contributed by atoms with Crippen LogP contribution in [0.15, 0.2) is 41.1 Å². The normalized spacial score (nSPS) is 10.2. The van der Waals surface area contributed by atoms with Crippen molar-refractivity contribution in [1.82, 2.24) is 9.78 Å². The molecule has 2 aromatic rings. The third-order valence-electron chi connectivity index (χ3n) is 2.28. The summed E-state index contributed by atoms with van der Waals surface area (Å²) in [7, 11) is 0. The zero-order chi connectivity index (χ0) is 13.8. The van der Waals surface area contributed by atoms with Crippen molar-refractivity contribution in [3.63, 3.8) is 0 Å². The number of carbonyl (C=O) groups excluding carboxylic acids is 1. The Balaban J connectivity index is 2.06. The van der Waals surface area contributed by atoms with Gasteiger partial charge in [-0.25, -0.2) is 0 Å². The molecule has 1 heterocycles. The number of benzene rings is 1. The highest BCUT2D eigenvalue weighted by molar-refractivity contribution is 9.10. The molecule has 0 spiro atoms. The number of aromatic nitrogens is 2. The van der Waals surface area contributed by atoms with Gasteiger partial charge in [-0.15, -0.1) is 0 Å². The van der Waals surface area contributed by atoms with Gasteiger partial charge in [0.15, 0.2) is 0 Å². The fourth-order valence-corrected chi connectivity index (χ4v) is 1.89. The van der Waals surface area contributed by atoms with Crippen LogP contribution in [0.2, 0.25) is 0 Å². The summed E-state index contributed by atoms with van der Waals surface area (Å²) in [4.78, 5) is 22.4. The van der Waals surface area contributed by atoms with Crippen molar-refractivity contribution in [1.29, 1.82) is 0 Å². The maximum atomic E-state index is 11.9. The first kappa shape index (κ1) is 13.3. The molecule has 0 aliphatic heterocycles. The molecule has 2 rings (SSSR count). The Hall–Kier alpha value is -2.15. The number of amides is 1. The first-order valence-corrected chi connectivity index (χ1v) is 6.15. The minimum atomic E-state index is -0.993. The second-order valence-corrected chi connectivity index (χ2v) is 4.70. The minimum Gasteiger partial charge on any atom is -0.480 e. The highest BCUT2D eigenvalue weighted by atomic mass is 79.9. The molecule has 0 saturated heterocycles. The molecule has 2 N–H and O–H groups in total. The summed E-state index contributed by atoms with van der Waals surface area (Å²) in [6.07, 6.45) is 2.86. The van der Waals surface area contributed by atoms with Crippen LogP contribution in [0.3, 0.4) is 0 Å². The third-order valence-corrected chi connectivity index (χ3v) is 2.77. The van der Waals surface area contributed by atoms with Gasteiger partial charge in [0.05, 0.1) is 11.9 Å². The number of aliphatic carboxylic acids is 1. The Morgan fingerprint density at radius 3 is 2.89 bits per heavy atom. The summed E-state index contributed by atoms with van der Waals surface area (Å²) in [6.45, 7) is -0.243. The standard InChI is InChI=1S/C12H10BrN3O3/c13-9-3-1-2-8(4-9)12(19)15-10-5-14-16(6-10)7-11(17)18/h1-6H,7H2,(H,15,19)(H,17,18). The number of nitrogens with zero attached hydrogens (tertiary/aromatic N) is 2. The largest absolute Gasteiger partial charge is 0.480 e. The van der Waals surface area contributed by atoms with Crippen molar-refractivity contribution >= 4 is 33.5 Å². The van der Waals surface area contributed by atoms with E-state index in [9.17, 15) is 9.59 Å². The topological polar surface area (TPSA) is 84.2 Å². The van der Waals surface area contributed by atoms with Crippen LogP contribution in [-0.4, -0.2) is 26.8 Å². The molecule has 98 valence electrons. The van der Waals surface area contributed by atoms with Crippen LogP contribution >= 0.6 is 15.9 Å². The van der Waals surface area contributed by atoms with Gasteiger partial charge in [-0.1, -0.05) is 22.0 Å². The molecular formula is C12H10BrN3O3. The Kier molecular flexibility index (Phi) is 3.96. The Morgan fingerprint density at radius 1 is 1.42 bits per heavy atom. The van der Waals surface area contributed by atoms with Crippen molar-refractivity contribution in [2.24, 2.45) is 0 Å². The molecule has 0 unspecified atom stereocenters. The number of rotatable bonds is 4. The summed E-state index contributed by atoms with van der Waals surface area (Å²) >= 11 is 3.29. The Bertz CT molecular complexity index is 624. The van der Waals surface area contributed by atoms with E-state index in [4.69, 9.17) is 5.11 Å². The molecule has 0 aliphatic carbocycles. The van der Waals surface area contributed by atoms with Crippen LogP contribution in [0.1, 0.15) is 10.4 Å². The van der Waals surface area contributed by atoms with Crippen LogP contribution in [0.5, 0.6) is 0 Å². The lowest BCUT2D eigenvalue weighted by atomic mass is 10.2. The zero-order valence-corrected chi connectivity index (χ0v) is 11.3. The first-order chi connectivity index (χ1) is 9.04. The maximum absolute atomic E-state index is 11.9. The van der Waals surface area contributed by atoms with E-state index >= 15 is 0 Å². The molecule has 0 fully saturated rings. The van der Waals surface area contributed by atoms with E-state index in [0.717, 1.165) is 4.47 Å². The quantitative estimate of drug-likeness (QED) is 0.901. The number of hydrogen-bond donors (Lipinski definition) is 2. The van der Waals surface area contributed by atoms with Crippen LogP contribution in [0, 0.1) is 0 Å². The molecule has 19 heavy (non-hydrogen) atoms. The molecule has 0 saturated carbocycles. The molecule has 0 aliphatic rings. The van der Waals surface area contributed by atoms with E-state index < -0.39 is 5.97 Å². The van der Waals surface area contributed by atoms with Gasteiger partial charge in [-0.05, 0) is 18.2 Å². The van der Waals surface area contributed by atoms with Crippen molar-refractivity contribution in [3.8, 4) is 0 Å². The molecule has 1 aromatic heterocycles. The third kappa shape index (κ3) is 3.65.